The summed E-state index contributed by atoms with van der Waals surface area (Å²) in [6, 6.07) is 16.3. The summed E-state index contributed by atoms with van der Waals surface area (Å²) >= 11 is 0. The molecule has 0 aliphatic carbocycles. The Morgan fingerprint density at radius 3 is 2.45 bits per heavy atom. The number of nitrogens with zero attached hydrogens (tertiary/aromatic N) is 2. The molecule has 1 heterocycles. The number of methoxy groups -OCH3 is 1. The van der Waals surface area contributed by atoms with Crippen molar-refractivity contribution >= 4 is 23.5 Å². The predicted octanol–water partition coefficient (Wildman–Crippen LogP) is 3.74. The minimum atomic E-state index is -0.528. The lowest BCUT2D eigenvalue weighted by molar-refractivity contribution is 0.0602. The first-order valence-electron chi connectivity index (χ1n) is 9.10. The van der Waals surface area contributed by atoms with Gasteiger partial charge in [0.1, 0.15) is 5.69 Å². The van der Waals surface area contributed by atoms with Crippen molar-refractivity contribution in [2.75, 3.05) is 17.7 Å². The van der Waals surface area contributed by atoms with Crippen LogP contribution in [0.5, 0.6) is 0 Å². The fraction of sp³-hybridized carbons (Fsp3) is 0.182. The van der Waals surface area contributed by atoms with Gasteiger partial charge in [0.2, 0.25) is 5.95 Å². The largest absolute Gasteiger partial charge is 0.465 e. The van der Waals surface area contributed by atoms with Crippen LogP contribution in [-0.4, -0.2) is 29.0 Å². The quantitative estimate of drug-likeness (QED) is 0.623. The van der Waals surface area contributed by atoms with Crippen LogP contribution >= 0.6 is 0 Å². The molecule has 2 aromatic carbocycles. The number of amides is 1. The standard InChI is InChI=1S/C22H22N4O3/c1-14-8-10-16(11-9-14)13-23-22-24-15(2)12-19(26-22)20(27)25-18-7-5-4-6-17(18)21(28)29-3/h4-12H,13H2,1-3H3,(H,25,27)(H,23,24,26). The number of hydrogen-bond donors (Lipinski definition) is 2. The molecule has 3 rings (SSSR count). The second kappa shape index (κ2) is 8.97. The highest BCUT2D eigenvalue weighted by atomic mass is 16.5. The molecule has 0 saturated carbocycles. The van der Waals surface area contributed by atoms with E-state index in [-0.39, 0.29) is 11.3 Å². The van der Waals surface area contributed by atoms with Gasteiger partial charge in [-0.15, -0.1) is 0 Å². The second-order valence-corrected chi connectivity index (χ2v) is 6.55. The zero-order valence-corrected chi connectivity index (χ0v) is 16.5. The Morgan fingerprint density at radius 1 is 1.00 bits per heavy atom. The van der Waals surface area contributed by atoms with E-state index < -0.39 is 11.9 Å². The number of carbonyl (C=O) groups is 2. The highest BCUT2D eigenvalue weighted by molar-refractivity contribution is 6.07. The molecule has 1 aromatic heterocycles. The van der Waals surface area contributed by atoms with Crippen molar-refractivity contribution in [1.29, 1.82) is 0 Å². The van der Waals surface area contributed by atoms with Crippen molar-refractivity contribution in [1.82, 2.24) is 9.97 Å². The van der Waals surface area contributed by atoms with Gasteiger partial charge in [0.15, 0.2) is 0 Å². The van der Waals surface area contributed by atoms with Crippen LogP contribution in [0.25, 0.3) is 0 Å². The molecule has 29 heavy (non-hydrogen) atoms. The van der Waals surface area contributed by atoms with Crippen LogP contribution in [0.15, 0.2) is 54.6 Å². The van der Waals surface area contributed by atoms with Gasteiger partial charge >= 0.3 is 5.97 Å². The summed E-state index contributed by atoms with van der Waals surface area (Å²) in [5.41, 5.74) is 3.74. The smallest absolute Gasteiger partial charge is 0.339 e. The van der Waals surface area contributed by atoms with Crippen molar-refractivity contribution in [2.45, 2.75) is 20.4 Å². The molecule has 148 valence electrons. The fourth-order valence-corrected chi connectivity index (χ4v) is 2.72. The van der Waals surface area contributed by atoms with E-state index in [1.54, 1.807) is 37.3 Å². The third-order valence-corrected chi connectivity index (χ3v) is 4.24. The summed E-state index contributed by atoms with van der Waals surface area (Å²) in [6.07, 6.45) is 0. The van der Waals surface area contributed by atoms with Gasteiger partial charge in [0, 0.05) is 12.2 Å². The zero-order chi connectivity index (χ0) is 20.8. The maximum absolute atomic E-state index is 12.7. The lowest BCUT2D eigenvalue weighted by Crippen LogP contribution is -2.18. The van der Waals surface area contributed by atoms with Crippen molar-refractivity contribution in [3.63, 3.8) is 0 Å². The molecule has 0 spiro atoms. The first-order valence-corrected chi connectivity index (χ1v) is 9.10. The molecule has 0 radical (unpaired) electrons. The zero-order valence-electron chi connectivity index (χ0n) is 16.5. The summed E-state index contributed by atoms with van der Waals surface area (Å²) in [5.74, 6) is -0.609. The average Bonchev–Trinajstić information content (AvgIpc) is 2.73. The predicted molar refractivity (Wildman–Crippen MR) is 111 cm³/mol. The molecule has 2 N–H and O–H groups in total. The molecule has 0 aliphatic heterocycles. The lowest BCUT2D eigenvalue weighted by atomic mass is 10.1. The van der Waals surface area contributed by atoms with Gasteiger partial charge in [-0.3, -0.25) is 4.79 Å². The molecule has 0 bridgehead atoms. The summed E-state index contributed by atoms with van der Waals surface area (Å²) in [4.78, 5) is 33.2. The molecular weight excluding hydrogens is 368 g/mol. The Kier molecular flexibility index (Phi) is 6.19. The Bertz CT molecular complexity index is 1030. The van der Waals surface area contributed by atoms with E-state index in [4.69, 9.17) is 4.74 Å². The molecule has 3 aromatic rings. The maximum atomic E-state index is 12.7. The summed E-state index contributed by atoms with van der Waals surface area (Å²) in [5, 5.41) is 5.86. The number of carbonyl (C=O) groups excluding carboxylic acids is 2. The van der Waals surface area contributed by atoms with E-state index in [1.165, 1.54) is 12.7 Å². The first-order chi connectivity index (χ1) is 14.0. The van der Waals surface area contributed by atoms with Gasteiger partial charge in [-0.1, -0.05) is 42.0 Å². The number of esters is 1. The van der Waals surface area contributed by atoms with E-state index in [1.807, 2.05) is 31.2 Å². The normalized spacial score (nSPS) is 10.3. The molecule has 0 aliphatic rings. The molecule has 1 amide bonds. The highest BCUT2D eigenvalue weighted by Gasteiger charge is 2.16. The molecule has 0 saturated heterocycles. The Hall–Kier alpha value is -3.74. The van der Waals surface area contributed by atoms with Crippen LogP contribution in [0.4, 0.5) is 11.6 Å². The third-order valence-electron chi connectivity index (χ3n) is 4.24. The van der Waals surface area contributed by atoms with E-state index in [2.05, 4.69) is 20.6 Å². The van der Waals surface area contributed by atoms with Crippen LogP contribution in [-0.2, 0) is 11.3 Å². The van der Waals surface area contributed by atoms with E-state index in [0.717, 1.165) is 5.56 Å². The topological polar surface area (TPSA) is 93.2 Å². The Morgan fingerprint density at radius 2 is 1.72 bits per heavy atom. The molecule has 0 atom stereocenters. The average molecular weight is 390 g/mol. The number of anilines is 2. The lowest BCUT2D eigenvalue weighted by Gasteiger charge is -2.11. The van der Waals surface area contributed by atoms with Crippen molar-refractivity contribution < 1.29 is 14.3 Å². The van der Waals surface area contributed by atoms with Gasteiger partial charge in [-0.05, 0) is 37.6 Å². The van der Waals surface area contributed by atoms with Crippen LogP contribution < -0.4 is 10.6 Å². The Balaban J connectivity index is 1.76. The van der Waals surface area contributed by atoms with Crippen LogP contribution in [0.1, 0.15) is 37.7 Å². The number of nitrogens with one attached hydrogen (secondary N) is 2. The van der Waals surface area contributed by atoms with Crippen LogP contribution in [0, 0.1) is 13.8 Å². The van der Waals surface area contributed by atoms with Crippen molar-refractivity contribution in [3.8, 4) is 0 Å². The SMILES string of the molecule is COC(=O)c1ccccc1NC(=O)c1cc(C)nc(NCc2ccc(C)cc2)n1. The monoisotopic (exact) mass is 390 g/mol. The first kappa shape index (κ1) is 20.0. The summed E-state index contributed by atoms with van der Waals surface area (Å²) < 4.78 is 4.76. The van der Waals surface area contributed by atoms with Crippen LogP contribution in [0.2, 0.25) is 0 Å². The van der Waals surface area contributed by atoms with Crippen LogP contribution in [0.3, 0.4) is 0 Å². The number of benzene rings is 2. The molecular formula is C22H22N4O3. The molecule has 0 fully saturated rings. The number of para-hydroxylation sites is 1. The van der Waals surface area contributed by atoms with Crippen molar-refractivity contribution in [3.05, 3.63) is 82.7 Å². The summed E-state index contributed by atoms with van der Waals surface area (Å²) in [6.45, 7) is 4.36. The number of aromatic nitrogens is 2. The fourth-order valence-electron chi connectivity index (χ4n) is 2.72. The summed E-state index contributed by atoms with van der Waals surface area (Å²) in [7, 11) is 1.29. The van der Waals surface area contributed by atoms with Gasteiger partial charge in [0.05, 0.1) is 18.4 Å². The van der Waals surface area contributed by atoms with Gasteiger partial charge < -0.3 is 15.4 Å². The third kappa shape index (κ3) is 5.16. The molecule has 0 unspecified atom stereocenters. The Labute approximate surface area is 169 Å². The minimum Gasteiger partial charge on any atom is -0.465 e. The molecule has 7 heteroatoms. The minimum absolute atomic E-state index is 0.198. The van der Waals surface area contributed by atoms with Gasteiger partial charge in [-0.2, -0.15) is 0 Å². The van der Waals surface area contributed by atoms with Crippen molar-refractivity contribution in [2.24, 2.45) is 0 Å². The maximum Gasteiger partial charge on any atom is 0.339 e. The number of rotatable bonds is 6. The van der Waals surface area contributed by atoms with E-state index >= 15 is 0 Å². The van der Waals surface area contributed by atoms with Gasteiger partial charge in [0.25, 0.3) is 5.91 Å². The highest BCUT2D eigenvalue weighted by Crippen LogP contribution is 2.17. The van der Waals surface area contributed by atoms with E-state index in [9.17, 15) is 9.59 Å². The number of aryl methyl sites for hydroxylation is 2. The van der Waals surface area contributed by atoms with E-state index in [0.29, 0.717) is 23.9 Å². The number of ether oxygens (including phenoxy) is 1. The van der Waals surface area contributed by atoms with Gasteiger partial charge in [-0.25, -0.2) is 14.8 Å². The number of hydrogen-bond acceptors (Lipinski definition) is 6. The second-order valence-electron chi connectivity index (χ2n) is 6.55. The molecule has 7 nitrogen and oxygen atoms in total.